The van der Waals surface area contributed by atoms with E-state index in [0.29, 0.717) is 32.5 Å². The van der Waals surface area contributed by atoms with Gasteiger partial charge in [-0.05, 0) is 5.56 Å². The number of hydrogen-bond acceptors (Lipinski definition) is 3. The zero-order valence-electron chi connectivity index (χ0n) is 10.2. The molecule has 0 bridgehead atoms. The summed E-state index contributed by atoms with van der Waals surface area (Å²) in [6.07, 6.45) is 1.43. The van der Waals surface area contributed by atoms with Gasteiger partial charge >= 0.3 is 0 Å². The lowest BCUT2D eigenvalue weighted by Gasteiger charge is -2.31. The first-order valence-corrected chi connectivity index (χ1v) is 6.08. The van der Waals surface area contributed by atoms with E-state index in [2.05, 4.69) is 11.4 Å². The van der Waals surface area contributed by atoms with Crippen molar-refractivity contribution in [2.45, 2.75) is 24.8 Å². The van der Waals surface area contributed by atoms with Crippen molar-refractivity contribution in [3.05, 3.63) is 35.9 Å². The number of nitrogens with one attached hydrogen (secondary N) is 1. The summed E-state index contributed by atoms with van der Waals surface area (Å²) in [7, 11) is 0. The molecule has 0 aliphatic carbocycles. The average molecular weight is 244 g/mol. The van der Waals surface area contributed by atoms with Crippen molar-refractivity contribution in [3.63, 3.8) is 0 Å². The minimum atomic E-state index is -0.746. The summed E-state index contributed by atoms with van der Waals surface area (Å²) in [5, 5.41) is 12.1. The molecule has 1 fully saturated rings. The van der Waals surface area contributed by atoms with E-state index < -0.39 is 5.54 Å². The van der Waals surface area contributed by atoms with Crippen molar-refractivity contribution >= 4 is 5.91 Å². The Morgan fingerprint density at radius 2 is 2.00 bits per heavy atom. The van der Waals surface area contributed by atoms with Crippen LogP contribution in [0.15, 0.2) is 30.3 Å². The van der Waals surface area contributed by atoms with E-state index in [-0.39, 0.29) is 5.91 Å². The largest absolute Gasteiger partial charge is 0.381 e. The van der Waals surface area contributed by atoms with Gasteiger partial charge in [0.05, 0.1) is 12.5 Å². The molecule has 1 aliphatic heterocycles. The molecule has 1 saturated heterocycles. The van der Waals surface area contributed by atoms with Crippen molar-refractivity contribution in [2.24, 2.45) is 0 Å². The fourth-order valence-electron chi connectivity index (χ4n) is 2.08. The lowest BCUT2D eigenvalue weighted by atomic mass is 9.91. The number of ether oxygens (including phenoxy) is 1. The first kappa shape index (κ1) is 12.6. The second-order valence-corrected chi connectivity index (χ2v) is 4.52. The molecule has 0 unspecified atom stereocenters. The van der Waals surface area contributed by atoms with Gasteiger partial charge in [-0.3, -0.25) is 4.79 Å². The Labute approximate surface area is 107 Å². The molecule has 1 N–H and O–H groups in total. The van der Waals surface area contributed by atoms with Crippen LogP contribution in [0, 0.1) is 11.3 Å². The average Bonchev–Trinajstić information content (AvgIpc) is 2.41. The fraction of sp³-hybridized carbons (Fsp3) is 0.429. The number of carbonyl (C=O) groups excluding carboxylic acids is 1. The first-order valence-electron chi connectivity index (χ1n) is 6.08. The summed E-state index contributed by atoms with van der Waals surface area (Å²) in [4.78, 5) is 11.9. The molecule has 1 aromatic carbocycles. The lowest BCUT2D eigenvalue weighted by Crippen LogP contribution is -2.51. The maximum atomic E-state index is 11.9. The molecule has 0 radical (unpaired) electrons. The number of benzene rings is 1. The summed E-state index contributed by atoms with van der Waals surface area (Å²) in [6.45, 7) is 1.05. The van der Waals surface area contributed by atoms with Gasteiger partial charge in [-0.15, -0.1) is 0 Å². The summed E-state index contributed by atoms with van der Waals surface area (Å²) in [5.41, 5.74) is 0.208. The molecule has 0 spiro atoms. The molecule has 0 atom stereocenters. The van der Waals surface area contributed by atoms with Gasteiger partial charge in [0.25, 0.3) is 0 Å². The topological polar surface area (TPSA) is 62.1 Å². The Morgan fingerprint density at radius 1 is 1.33 bits per heavy atom. The molecular formula is C14H16N2O2. The van der Waals surface area contributed by atoms with E-state index in [4.69, 9.17) is 4.74 Å². The molecule has 1 amide bonds. The van der Waals surface area contributed by atoms with Crippen LogP contribution in [0.3, 0.4) is 0 Å². The lowest BCUT2D eigenvalue weighted by molar-refractivity contribution is -0.122. The van der Waals surface area contributed by atoms with Crippen LogP contribution in [0.2, 0.25) is 0 Å². The highest BCUT2D eigenvalue weighted by molar-refractivity contribution is 5.79. The van der Waals surface area contributed by atoms with E-state index in [1.54, 1.807) is 0 Å². The zero-order chi connectivity index (χ0) is 12.8. The molecule has 1 aliphatic rings. The van der Waals surface area contributed by atoms with Gasteiger partial charge < -0.3 is 10.1 Å². The molecule has 1 heterocycles. The third-order valence-electron chi connectivity index (χ3n) is 3.15. The van der Waals surface area contributed by atoms with Crippen molar-refractivity contribution in [1.82, 2.24) is 5.32 Å². The molecule has 0 saturated carbocycles. The van der Waals surface area contributed by atoms with Crippen molar-refractivity contribution in [2.75, 3.05) is 13.2 Å². The highest BCUT2D eigenvalue weighted by Crippen LogP contribution is 2.19. The standard InChI is InChI=1S/C14H16N2O2/c15-11-14(6-8-18-9-7-14)16-13(17)10-12-4-2-1-3-5-12/h1-5H,6-10H2,(H,16,17). The van der Waals surface area contributed by atoms with Gasteiger partial charge in [-0.1, -0.05) is 30.3 Å². The zero-order valence-corrected chi connectivity index (χ0v) is 10.2. The Balaban J connectivity index is 1.96. The third-order valence-corrected chi connectivity index (χ3v) is 3.15. The molecule has 0 aromatic heterocycles. The van der Waals surface area contributed by atoms with Gasteiger partial charge in [0.15, 0.2) is 0 Å². The normalized spacial score (nSPS) is 17.7. The number of nitrogens with zero attached hydrogens (tertiary/aromatic N) is 1. The summed E-state index contributed by atoms with van der Waals surface area (Å²) in [6, 6.07) is 11.7. The van der Waals surface area contributed by atoms with Gasteiger partial charge in [-0.2, -0.15) is 5.26 Å². The van der Waals surface area contributed by atoms with E-state index in [1.807, 2.05) is 30.3 Å². The Morgan fingerprint density at radius 3 is 2.61 bits per heavy atom. The minimum Gasteiger partial charge on any atom is -0.381 e. The maximum absolute atomic E-state index is 11.9. The first-order chi connectivity index (χ1) is 8.74. The van der Waals surface area contributed by atoms with E-state index >= 15 is 0 Å². The SMILES string of the molecule is N#CC1(NC(=O)Cc2ccccc2)CCOCC1. The van der Waals surface area contributed by atoms with Crippen LogP contribution in [0.25, 0.3) is 0 Å². The van der Waals surface area contributed by atoms with Crippen LogP contribution in [-0.4, -0.2) is 24.7 Å². The third kappa shape index (κ3) is 3.08. The number of amides is 1. The molecular weight excluding hydrogens is 228 g/mol. The summed E-state index contributed by atoms with van der Waals surface area (Å²) < 4.78 is 5.22. The highest BCUT2D eigenvalue weighted by Gasteiger charge is 2.33. The van der Waals surface area contributed by atoms with Crippen molar-refractivity contribution in [3.8, 4) is 6.07 Å². The predicted molar refractivity (Wildman–Crippen MR) is 66.7 cm³/mol. The van der Waals surface area contributed by atoms with Gasteiger partial charge in [0.1, 0.15) is 5.54 Å². The maximum Gasteiger partial charge on any atom is 0.225 e. The quantitative estimate of drug-likeness (QED) is 0.874. The van der Waals surface area contributed by atoms with Crippen LogP contribution < -0.4 is 5.32 Å². The minimum absolute atomic E-state index is 0.107. The molecule has 4 nitrogen and oxygen atoms in total. The Kier molecular flexibility index (Phi) is 3.96. The molecule has 94 valence electrons. The second kappa shape index (κ2) is 5.65. The summed E-state index contributed by atoms with van der Waals surface area (Å²) >= 11 is 0. The number of rotatable bonds is 3. The second-order valence-electron chi connectivity index (χ2n) is 4.52. The molecule has 1 aromatic rings. The Bertz CT molecular complexity index is 445. The monoisotopic (exact) mass is 244 g/mol. The van der Waals surface area contributed by atoms with E-state index in [9.17, 15) is 10.1 Å². The van der Waals surface area contributed by atoms with E-state index in [0.717, 1.165) is 5.56 Å². The number of nitriles is 1. The van der Waals surface area contributed by atoms with Crippen molar-refractivity contribution in [1.29, 1.82) is 5.26 Å². The smallest absolute Gasteiger partial charge is 0.225 e. The van der Waals surface area contributed by atoms with Gasteiger partial charge in [0.2, 0.25) is 5.91 Å². The number of carbonyl (C=O) groups is 1. The molecule has 2 rings (SSSR count). The fourth-order valence-corrected chi connectivity index (χ4v) is 2.08. The van der Waals surface area contributed by atoms with E-state index in [1.165, 1.54) is 0 Å². The van der Waals surface area contributed by atoms with Crippen LogP contribution in [0.1, 0.15) is 18.4 Å². The number of hydrogen-bond donors (Lipinski definition) is 1. The predicted octanol–water partition coefficient (Wildman–Crippen LogP) is 1.42. The summed E-state index contributed by atoms with van der Waals surface area (Å²) in [5.74, 6) is -0.107. The van der Waals surface area contributed by atoms with Crippen LogP contribution >= 0.6 is 0 Å². The molecule has 4 heteroatoms. The molecule has 18 heavy (non-hydrogen) atoms. The van der Waals surface area contributed by atoms with Gasteiger partial charge in [-0.25, -0.2) is 0 Å². The van der Waals surface area contributed by atoms with Crippen molar-refractivity contribution < 1.29 is 9.53 Å². The highest BCUT2D eigenvalue weighted by atomic mass is 16.5. The van der Waals surface area contributed by atoms with Crippen LogP contribution in [-0.2, 0) is 16.0 Å². The van der Waals surface area contributed by atoms with Gasteiger partial charge in [0, 0.05) is 26.1 Å². The Hall–Kier alpha value is -1.86. The van der Waals surface area contributed by atoms with Crippen LogP contribution in [0.4, 0.5) is 0 Å². The van der Waals surface area contributed by atoms with Crippen LogP contribution in [0.5, 0.6) is 0 Å².